The Hall–Kier alpha value is -2.83. The third kappa shape index (κ3) is 4.37. The van der Waals surface area contributed by atoms with Crippen molar-refractivity contribution in [1.29, 1.82) is 0 Å². The lowest BCUT2D eigenvalue weighted by molar-refractivity contribution is -0.118. The third-order valence-corrected chi connectivity index (χ3v) is 3.07. The number of carbonyl (C=O) groups is 3. The summed E-state index contributed by atoms with van der Waals surface area (Å²) in [6.45, 7) is 6.44. The molecule has 0 spiro atoms. The minimum absolute atomic E-state index is 0.104. The number of benzene rings is 1. The number of carbonyl (C=O) groups excluding carboxylic acids is 3. The van der Waals surface area contributed by atoms with Gasteiger partial charge < -0.3 is 18.6 Å². The zero-order valence-electron chi connectivity index (χ0n) is 14.8. The Morgan fingerprint density at radius 2 is 1.80 bits per heavy atom. The summed E-state index contributed by atoms with van der Waals surface area (Å²) in [7, 11) is 1.20. The van der Waals surface area contributed by atoms with Crippen LogP contribution in [0.1, 0.15) is 48.6 Å². The Balaban J connectivity index is 2.47. The van der Waals surface area contributed by atoms with E-state index in [-0.39, 0.29) is 35.0 Å². The third-order valence-electron chi connectivity index (χ3n) is 3.07. The molecule has 0 radical (unpaired) electrons. The molecule has 0 aliphatic rings. The largest absolute Gasteiger partial charge is 0.481 e. The molecule has 0 saturated heterocycles. The van der Waals surface area contributed by atoms with Crippen LogP contribution in [-0.4, -0.2) is 37.0 Å². The number of methoxy groups -OCH3 is 1. The first-order valence-electron chi connectivity index (χ1n) is 7.63. The van der Waals surface area contributed by atoms with E-state index in [0.29, 0.717) is 5.39 Å². The number of hydrogen-bond donors (Lipinski definition) is 0. The monoisotopic (exact) mass is 348 g/mol. The highest BCUT2D eigenvalue weighted by atomic mass is 16.6. The van der Waals surface area contributed by atoms with Gasteiger partial charge in [0.2, 0.25) is 0 Å². The van der Waals surface area contributed by atoms with E-state index in [1.165, 1.54) is 26.2 Å². The molecule has 0 saturated carbocycles. The lowest BCUT2D eigenvalue weighted by Gasteiger charge is -2.19. The van der Waals surface area contributed by atoms with Gasteiger partial charge in [-0.05, 0) is 45.9 Å². The number of rotatable bonds is 5. The number of ether oxygens (including phenoxy) is 3. The molecule has 2 aromatic rings. The van der Waals surface area contributed by atoms with Crippen molar-refractivity contribution >= 4 is 28.7 Å². The van der Waals surface area contributed by atoms with Crippen molar-refractivity contribution in [3.05, 3.63) is 29.5 Å². The van der Waals surface area contributed by atoms with Crippen molar-refractivity contribution in [2.24, 2.45) is 0 Å². The number of Topliss-reactive ketones (excluding diaryl/α,β-unsaturated/α-hetero) is 1. The van der Waals surface area contributed by atoms with Gasteiger partial charge in [-0.2, -0.15) is 0 Å². The smallest absolute Gasteiger partial charge is 0.377 e. The van der Waals surface area contributed by atoms with E-state index in [2.05, 4.69) is 4.74 Å². The van der Waals surface area contributed by atoms with Crippen LogP contribution in [0, 0.1) is 0 Å². The van der Waals surface area contributed by atoms with Crippen molar-refractivity contribution in [1.82, 2.24) is 0 Å². The molecule has 7 heteroatoms. The molecule has 1 aromatic heterocycles. The lowest BCUT2D eigenvalue weighted by atomic mass is 10.1. The molecule has 2 rings (SSSR count). The van der Waals surface area contributed by atoms with Gasteiger partial charge in [0.05, 0.1) is 18.1 Å². The summed E-state index contributed by atoms with van der Waals surface area (Å²) < 4.78 is 20.9. The van der Waals surface area contributed by atoms with Crippen LogP contribution >= 0.6 is 0 Å². The SMILES string of the molecule is COC(=O)c1oc2cc(C(=O)OC(C)(C)C)ccc2c1OCC(C)=O. The fourth-order valence-electron chi connectivity index (χ4n) is 2.08. The number of esters is 2. The molecule has 0 amide bonds. The molecule has 1 heterocycles. The first-order chi connectivity index (χ1) is 11.6. The number of hydrogen-bond acceptors (Lipinski definition) is 7. The molecule has 0 fully saturated rings. The van der Waals surface area contributed by atoms with Gasteiger partial charge in [-0.15, -0.1) is 0 Å². The van der Waals surface area contributed by atoms with E-state index in [0.717, 1.165) is 0 Å². The molecule has 7 nitrogen and oxygen atoms in total. The maximum Gasteiger partial charge on any atom is 0.377 e. The normalized spacial score (nSPS) is 11.2. The Morgan fingerprint density at radius 3 is 2.36 bits per heavy atom. The van der Waals surface area contributed by atoms with E-state index in [1.54, 1.807) is 26.8 Å². The van der Waals surface area contributed by atoms with Crippen LogP contribution in [0.4, 0.5) is 0 Å². The van der Waals surface area contributed by atoms with Crippen LogP contribution in [0.5, 0.6) is 5.75 Å². The maximum atomic E-state index is 12.2. The maximum absolute atomic E-state index is 12.2. The molecule has 0 aliphatic heterocycles. The van der Waals surface area contributed by atoms with E-state index in [4.69, 9.17) is 13.9 Å². The molecule has 25 heavy (non-hydrogen) atoms. The summed E-state index contributed by atoms with van der Waals surface area (Å²) in [5.41, 5.74) is -0.115. The Labute approximate surface area is 144 Å². The van der Waals surface area contributed by atoms with Crippen molar-refractivity contribution in [3.63, 3.8) is 0 Å². The second-order valence-electron chi connectivity index (χ2n) is 6.46. The molecule has 0 aliphatic carbocycles. The second-order valence-corrected chi connectivity index (χ2v) is 6.46. The van der Waals surface area contributed by atoms with Gasteiger partial charge in [0.15, 0.2) is 11.5 Å². The molecular weight excluding hydrogens is 328 g/mol. The Bertz CT molecular complexity index is 824. The molecule has 0 N–H and O–H groups in total. The summed E-state index contributed by atoms with van der Waals surface area (Å²) in [6.07, 6.45) is 0. The van der Waals surface area contributed by atoms with Crippen LogP contribution in [-0.2, 0) is 14.3 Å². The topological polar surface area (TPSA) is 92.0 Å². The lowest BCUT2D eigenvalue weighted by Crippen LogP contribution is -2.23. The fourth-order valence-corrected chi connectivity index (χ4v) is 2.08. The van der Waals surface area contributed by atoms with Gasteiger partial charge in [-0.1, -0.05) is 0 Å². The zero-order valence-corrected chi connectivity index (χ0v) is 14.8. The van der Waals surface area contributed by atoms with E-state index in [9.17, 15) is 14.4 Å². The van der Waals surface area contributed by atoms with Gasteiger partial charge in [-0.3, -0.25) is 4.79 Å². The Kier molecular flexibility index (Phi) is 5.15. The predicted molar refractivity (Wildman–Crippen MR) is 88.9 cm³/mol. The number of ketones is 1. The molecule has 0 unspecified atom stereocenters. The summed E-state index contributed by atoms with van der Waals surface area (Å²) in [5, 5.41) is 0.453. The predicted octanol–water partition coefficient (Wildman–Crippen LogP) is 3.14. The quantitative estimate of drug-likeness (QED) is 0.766. The summed E-state index contributed by atoms with van der Waals surface area (Å²) in [4.78, 5) is 35.2. The molecule has 134 valence electrons. The van der Waals surface area contributed by atoms with Crippen molar-refractivity contribution in [3.8, 4) is 5.75 Å². The van der Waals surface area contributed by atoms with E-state index >= 15 is 0 Å². The van der Waals surface area contributed by atoms with Gasteiger partial charge in [0.1, 0.15) is 17.8 Å². The first-order valence-corrected chi connectivity index (χ1v) is 7.63. The average molecular weight is 348 g/mol. The first kappa shape index (κ1) is 18.5. The number of furan rings is 1. The van der Waals surface area contributed by atoms with Crippen molar-refractivity contribution in [2.45, 2.75) is 33.3 Å². The average Bonchev–Trinajstić information content (AvgIpc) is 2.88. The highest BCUT2D eigenvalue weighted by molar-refractivity contribution is 6.01. The van der Waals surface area contributed by atoms with Crippen molar-refractivity contribution < 1.29 is 33.0 Å². The summed E-state index contributed by atoms with van der Waals surface area (Å²) in [6, 6.07) is 4.56. The molecule has 0 bridgehead atoms. The molecule has 1 aromatic carbocycles. The standard InChI is InChI=1S/C18H20O7/c1-10(19)9-23-14-12-7-6-11(16(20)25-18(2,3)4)8-13(12)24-15(14)17(21)22-5/h6-8H,9H2,1-5H3. The second kappa shape index (κ2) is 6.96. The van der Waals surface area contributed by atoms with Crippen LogP contribution < -0.4 is 4.74 Å². The minimum atomic E-state index is -0.742. The van der Waals surface area contributed by atoms with Crippen LogP contribution in [0.25, 0.3) is 11.0 Å². The molecule has 0 atom stereocenters. The summed E-state index contributed by atoms with van der Waals surface area (Å²) >= 11 is 0. The van der Waals surface area contributed by atoms with Gasteiger partial charge in [-0.25, -0.2) is 9.59 Å². The highest BCUT2D eigenvalue weighted by Gasteiger charge is 2.25. The number of fused-ring (bicyclic) bond motifs is 1. The highest BCUT2D eigenvalue weighted by Crippen LogP contribution is 2.34. The van der Waals surface area contributed by atoms with Crippen LogP contribution in [0.3, 0.4) is 0 Å². The van der Waals surface area contributed by atoms with Gasteiger partial charge >= 0.3 is 11.9 Å². The van der Waals surface area contributed by atoms with Crippen LogP contribution in [0.15, 0.2) is 22.6 Å². The van der Waals surface area contributed by atoms with Gasteiger partial charge in [0.25, 0.3) is 5.76 Å². The fraction of sp³-hybridized carbons (Fsp3) is 0.389. The minimum Gasteiger partial charge on any atom is -0.481 e. The van der Waals surface area contributed by atoms with Crippen LogP contribution in [0.2, 0.25) is 0 Å². The van der Waals surface area contributed by atoms with Crippen molar-refractivity contribution in [2.75, 3.05) is 13.7 Å². The van der Waals surface area contributed by atoms with E-state index < -0.39 is 17.5 Å². The van der Waals surface area contributed by atoms with Gasteiger partial charge in [0, 0.05) is 0 Å². The zero-order chi connectivity index (χ0) is 18.8. The van der Waals surface area contributed by atoms with E-state index in [1.807, 2.05) is 0 Å². The Morgan fingerprint density at radius 1 is 1.12 bits per heavy atom. The molecular formula is C18H20O7. The summed E-state index contributed by atoms with van der Waals surface area (Å²) in [5.74, 6) is -1.53.